The summed E-state index contributed by atoms with van der Waals surface area (Å²) in [6, 6.07) is 7.75. The summed E-state index contributed by atoms with van der Waals surface area (Å²) in [5.41, 5.74) is 2.20. The zero-order valence-electron chi connectivity index (χ0n) is 19.7. The molecule has 0 aliphatic carbocycles. The van der Waals surface area contributed by atoms with E-state index >= 15 is 0 Å². The van der Waals surface area contributed by atoms with Crippen LogP contribution < -0.4 is 9.64 Å². The van der Waals surface area contributed by atoms with Crippen molar-refractivity contribution in [3.05, 3.63) is 36.2 Å². The number of methoxy groups -OCH3 is 1. The Kier molecular flexibility index (Phi) is 5.99. The zero-order chi connectivity index (χ0) is 23.9. The van der Waals surface area contributed by atoms with E-state index in [2.05, 4.69) is 16.8 Å². The van der Waals surface area contributed by atoms with Crippen molar-refractivity contribution >= 4 is 26.6 Å². The molecule has 0 saturated carbocycles. The normalized spacial score (nSPS) is 21.0. The second kappa shape index (κ2) is 8.83. The molecule has 1 aromatic carbocycles. The van der Waals surface area contributed by atoms with Gasteiger partial charge in [0.2, 0.25) is 0 Å². The number of hydrogen-bond donors (Lipinski definition) is 1. The number of benzene rings is 1. The SMILES string of the molecule is COc1cc(-c2nc(N3CCOCC3C)cc(C3(S(C)(=O)=O)CCOCC3)n2)c2cc[nH]c2c1. The number of hydrogen-bond acceptors (Lipinski definition) is 8. The van der Waals surface area contributed by atoms with Crippen LogP contribution in [0.2, 0.25) is 0 Å². The summed E-state index contributed by atoms with van der Waals surface area (Å²) in [5, 5.41) is 0.944. The number of nitrogens with one attached hydrogen (secondary N) is 1. The number of ether oxygens (including phenoxy) is 3. The molecule has 2 fully saturated rings. The number of sulfone groups is 1. The van der Waals surface area contributed by atoms with E-state index in [1.165, 1.54) is 6.26 Å². The lowest BCUT2D eigenvalue weighted by atomic mass is 9.94. The maximum Gasteiger partial charge on any atom is 0.162 e. The number of rotatable bonds is 5. The molecular formula is C24H30N4O5S. The minimum atomic E-state index is -3.49. The van der Waals surface area contributed by atoms with Crippen molar-refractivity contribution in [1.29, 1.82) is 0 Å². The van der Waals surface area contributed by atoms with E-state index in [1.807, 2.05) is 30.5 Å². The van der Waals surface area contributed by atoms with E-state index in [4.69, 9.17) is 24.2 Å². The number of fused-ring (bicyclic) bond motifs is 1. The predicted molar refractivity (Wildman–Crippen MR) is 130 cm³/mol. The smallest absolute Gasteiger partial charge is 0.162 e. The van der Waals surface area contributed by atoms with Crippen LogP contribution in [-0.4, -0.2) is 75.7 Å². The van der Waals surface area contributed by atoms with Crippen molar-refractivity contribution < 1.29 is 22.6 Å². The van der Waals surface area contributed by atoms with Crippen LogP contribution in [0.25, 0.3) is 22.3 Å². The molecular weight excluding hydrogens is 456 g/mol. The van der Waals surface area contributed by atoms with Crippen LogP contribution in [0.5, 0.6) is 5.75 Å². The van der Waals surface area contributed by atoms with Gasteiger partial charge in [0.25, 0.3) is 0 Å². The highest BCUT2D eigenvalue weighted by Crippen LogP contribution is 2.41. The van der Waals surface area contributed by atoms with Gasteiger partial charge >= 0.3 is 0 Å². The number of morpholine rings is 1. The molecule has 182 valence electrons. The Labute approximate surface area is 199 Å². The van der Waals surface area contributed by atoms with Crippen molar-refractivity contribution in [2.24, 2.45) is 0 Å². The third-order valence-electron chi connectivity index (χ3n) is 6.97. The molecule has 1 unspecified atom stereocenters. The monoisotopic (exact) mass is 486 g/mol. The third-order valence-corrected chi connectivity index (χ3v) is 9.01. The van der Waals surface area contributed by atoms with E-state index in [-0.39, 0.29) is 6.04 Å². The van der Waals surface area contributed by atoms with Gasteiger partial charge in [-0.3, -0.25) is 0 Å². The maximum absolute atomic E-state index is 13.2. The Balaban J connectivity index is 1.76. The first kappa shape index (κ1) is 23.1. The number of aromatic amines is 1. The van der Waals surface area contributed by atoms with Crippen LogP contribution in [0.1, 0.15) is 25.5 Å². The van der Waals surface area contributed by atoms with Gasteiger partial charge in [-0.2, -0.15) is 0 Å². The minimum absolute atomic E-state index is 0.103. The first-order valence-electron chi connectivity index (χ1n) is 11.5. The molecule has 1 N–H and O–H groups in total. The number of nitrogens with zero attached hydrogens (tertiary/aromatic N) is 3. The Bertz CT molecular complexity index is 1300. The minimum Gasteiger partial charge on any atom is -0.497 e. The van der Waals surface area contributed by atoms with Gasteiger partial charge < -0.3 is 24.1 Å². The van der Waals surface area contributed by atoms with Crippen molar-refractivity contribution in [3.63, 3.8) is 0 Å². The molecule has 9 nitrogen and oxygen atoms in total. The number of H-pyrrole nitrogens is 1. The molecule has 0 bridgehead atoms. The van der Waals surface area contributed by atoms with Crippen molar-refractivity contribution in [3.8, 4) is 17.1 Å². The first-order chi connectivity index (χ1) is 16.3. The Morgan fingerprint density at radius 3 is 2.65 bits per heavy atom. The van der Waals surface area contributed by atoms with Crippen molar-refractivity contribution in [2.45, 2.75) is 30.6 Å². The molecule has 2 aromatic heterocycles. The van der Waals surface area contributed by atoms with Crippen molar-refractivity contribution in [2.75, 3.05) is 51.2 Å². The van der Waals surface area contributed by atoms with Crippen LogP contribution in [0.4, 0.5) is 5.82 Å². The van der Waals surface area contributed by atoms with Crippen molar-refractivity contribution in [1.82, 2.24) is 15.0 Å². The van der Waals surface area contributed by atoms with Gasteiger partial charge in [-0.15, -0.1) is 0 Å². The van der Waals surface area contributed by atoms with E-state index < -0.39 is 14.6 Å². The van der Waals surface area contributed by atoms with Gasteiger partial charge in [0.15, 0.2) is 15.7 Å². The summed E-state index contributed by atoms with van der Waals surface area (Å²) >= 11 is 0. The maximum atomic E-state index is 13.2. The first-order valence-corrected chi connectivity index (χ1v) is 13.4. The molecule has 2 aliphatic rings. The Morgan fingerprint density at radius 2 is 1.94 bits per heavy atom. The summed E-state index contributed by atoms with van der Waals surface area (Å²) in [4.78, 5) is 15.3. The van der Waals surface area contributed by atoms with Gasteiger partial charge in [-0.1, -0.05) is 0 Å². The number of aromatic nitrogens is 3. The molecule has 1 atom stereocenters. The molecule has 4 heterocycles. The standard InChI is InChI=1S/C24H30N4O5S/c1-16-15-33-11-8-28(16)22-14-21(24(34(3,29)30)5-9-32-10-6-24)26-23(27-22)19-12-17(31-2)13-20-18(19)4-7-25-20/h4,7,12-14,16,25H,5-6,8-11,15H2,1-3H3. The van der Waals surface area contributed by atoms with Crippen LogP contribution in [0, 0.1) is 0 Å². The van der Waals surface area contributed by atoms with Gasteiger partial charge in [-0.25, -0.2) is 18.4 Å². The summed E-state index contributed by atoms with van der Waals surface area (Å²) in [7, 11) is -1.87. The van der Waals surface area contributed by atoms with Crippen LogP contribution in [-0.2, 0) is 24.1 Å². The topological polar surface area (TPSA) is 107 Å². The molecule has 34 heavy (non-hydrogen) atoms. The Hall–Kier alpha value is -2.69. The van der Waals surface area contributed by atoms with Gasteiger partial charge in [0.05, 0.1) is 32.1 Å². The lowest BCUT2D eigenvalue weighted by Gasteiger charge is -2.37. The molecule has 3 aromatic rings. The molecule has 0 radical (unpaired) electrons. The fourth-order valence-corrected chi connectivity index (χ4v) is 6.36. The van der Waals surface area contributed by atoms with E-state index in [0.717, 1.165) is 16.5 Å². The Morgan fingerprint density at radius 1 is 1.15 bits per heavy atom. The summed E-state index contributed by atoms with van der Waals surface area (Å²) < 4.78 is 42.0. The molecule has 2 aliphatic heterocycles. The van der Waals surface area contributed by atoms with Crippen LogP contribution in [0.15, 0.2) is 30.5 Å². The lowest BCUT2D eigenvalue weighted by molar-refractivity contribution is 0.0731. The molecule has 2 saturated heterocycles. The second-order valence-electron chi connectivity index (χ2n) is 9.05. The third kappa shape index (κ3) is 3.93. The quantitative estimate of drug-likeness (QED) is 0.587. The van der Waals surface area contributed by atoms with E-state index in [9.17, 15) is 8.42 Å². The lowest BCUT2D eigenvalue weighted by Crippen LogP contribution is -2.45. The van der Waals surface area contributed by atoms with E-state index in [0.29, 0.717) is 68.9 Å². The fourth-order valence-electron chi connectivity index (χ4n) is 4.96. The zero-order valence-corrected chi connectivity index (χ0v) is 20.5. The van der Waals surface area contributed by atoms with Gasteiger partial charge in [0.1, 0.15) is 16.3 Å². The van der Waals surface area contributed by atoms with Gasteiger partial charge in [0, 0.05) is 60.8 Å². The molecule has 0 spiro atoms. The number of anilines is 1. The highest BCUT2D eigenvalue weighted by molar-refractivity contribution is 7.91. The van der Waals surface area contributed by atoms with Gasteiger partial charge in [-0.05, 0) is 31.9 Å². The van der Waals surface area contributed by atoms with Crippen LogP contribution >= 0.6 is 0 Å². The summed E-state index contributed by atoms with van der Waals surface area (Å²) in [6.45, 7) is 4.67. The predicted octanol–water partition coefficient (Wildman–Crippen LogP) is 2.91. The van der Waals surface area contributed by atoms with Crippen LogP contribution in [0.3, 0.4) is 0 Å². The summed E-state index contributed by atoms with van der Waals surface area (Å²) in [5.74, 6) is 1.85. The average molecular weight is 487 g/mol. The fraction of sp³-hybridized carbons (Fsp3) is 0.500. The highest BCUT2D eigenvalue weighted by atomic mass is 32.2. The highest BCUT2D eigenvalue weighted by Gasteiger charge is 2.46. The largest absolute Gasteiger partial charge is 0.497 e. The average Bonchev–Trinajstić information content (AvgIpc) is 3.32. The van der Waals surface area contributed by atoms with E-state index in [1.54, 1.807) is 7.11 Å². The molecule has 5 rings (SSSR count). The summed E-state index contributed by atoms with van der Waals surface area (Å²) in [6.07, 6.45) is 3.88. The second-order valence-corrected chi connectivity index (χ2v) is 11.4. The molecule has 0 amide bonds. The molecule has 10 heteroatoms.